The van der Waals surface area contributed by atoms with Gasteiger partial charge in [-0.15, -0.1) is 0 Å². The first-order chi connectivity index (χ1) is 63.0. The molecule has 0 heterocycles. The molecule has 15 aromatic rings. The highest BCUT2D eigenvalue weighted by atomic mass is 31.2. The minimum atomic E-state index is -3.68. The van der Waals surface area contributed by atoms with Gasteiger partial charge in [-0.3, -0.25) is 24.0 Å². The third-order valence-electron chi connectivity index (χ3n) is 23.2. The maximum absolute atomic E-state index is 14.7. The van der Waals surface area contributed by atoms with E-state index in [-0.39, 0.29) is 42.0 Å². The zero-order chi connectivity index (χ0) is 95.6. The molecule has 0 aliphatic carbocycles. The number of aliphatic hydroxyl groups is 3. The van der Waals surface area contributed by atoms with Gasteiger partial charge in [0.1, 0.15) is 5.75 Å². The van der Waals surface area contributed by atoms with Crippen LogP contribution in [0, 0.1) is 96.9 Å². The Morgan fingerprint density at radius 3 is 0.712 bits per heavy atom. The molecular formula is C113H111O14P5. The summed E-state index contributed by atoms with van der Waals surface area (Å²) in [6, 6.07) is 102. The summed E-state index contributed by atoms with van der Waals surface area (Å²) in [5.74, 6) is 0.633. The van der Waals surface area contributed by atoms with Gasteiger partial charge < -0.3 is 42.9 Å². The number of methoxy groups -OCH3 is 1. The number of ether oxygens (including phenoxy) is 1. The number of benzene rings is 15. The van der Waals surface area contributed by atoms with Crippen LogP contribution in [0.4, 0.5) is 0 Å². The summed E-state index contributed by atoms with van der Waals surface area (Å²) in [5, 5.41) is 33.9. The van der Waals surface area contributed by atoms with Crippen molar-refractivity contribution in [1.29, 1.82) is 0 Å². The van der Waals surface area contributed by atoms with Crippen molar-refractivity contribution in [3.8, 4) is 5.75 Å². The molecule has 2 atom stereocenters. The monoisotopic (exact) mass is 1850 g/mol. The van der Waals surface area contributed by atoms with Crippen molar-refractivity contribution in [3.05, 3.63) is 468 Å². The Bertz CT molecular complexity index is 6700. The van der Waals surface area contributed by atoms with Crippen LogP contribution in [-0.2, 0) is 42.6 Å². The van der Waals surface area contributed by atoms with Gasteiger partial charge in [-0.25, -0.2) is 0 Å². The summed E-state index contributed by atoms with van der Waals surface area (Å²) in [6.07, 6.45) is 0. The Kier molecular flexibility index (Phi) is 33.5. The van der Waals surface area contributed by atoms with E-state index in [0.717, 1.165) is 77.9 Å². The summed E-state index contributed by atoms with van der Waals surface area (Å²) >= 11 is 0. The van der Waals surface area contributed by atoms with Crippen LogP contribution >= 0.6 is 35.7 Å². The Morgan fingerprint density at radius 2 is 0.455 bits per heavy atom. The van der Waals surface area contributed by atoms with E-state index in [1.54, 1.807) is 183 Å². The van der Waals surface area contributed by atoms with Crippen molar-refractivity contribution in [2.24, 2.45) is 0 Å². The first-order valence-corrected chi connectivity index (χ1v) is 51.8. The average molecular weight is 1850 g/mol. The molecule has 0 saturated heterocycles. The Balaban J connectivity index is 0.000000159. The highest BCUT2D eigenvalue weighted by molar-refractivity contribution is 7.95. The molecule has 2 unspecified atom stereocenters. The van der Waals surface area contributed by atoms with E-state index in [1.807, 2.05) is 267 Å². The highest BCUT2D eigenvalue weighted by Crippen LogP contribution is 2.54. The van der Waals surface area contributed by atoms with Gasteiger partial charge in [-0.05, 0) is 182 Å². The topological polar surface area (TPSA) is 241 Å². The van der Waals surface area contributed by atoms with E-state index in [0.29, 0.717) is 97.7 Å². The molecule has 0 aliphatic heterocycles. The van der Waals surface area contributed by atoms with Crippen molar-refractivity contribution in [2.45, 2.75) is 117 Å². The van der Waals surface area contributed by atoms with Crippen LogP contribution in [0.1, 0.15) is 146 Å². The lowest BCUT2D eigenvalue weighted by molar-refractivity contribution is 0.106. The Hall–Kier alpha value is -12.5. The maximum Gasteiger partial charge on any atom is 0.230 e. The average Bonchev–Trinajstić information content (AvgIpc) is 0.743. The van der Waals surface area contributed by atoms with Gasteiger partial charge in [0, 0.05) is 80.9 Å². The number of aryl methyl sites for hydroxylation is 14. The molecule has 3 N–H and O–H groups in total. The van der Waals surface area contributed by atoms with Crippen LogP contribution in [0.5, 0.6) is 5.75 Å². The van der Waals surface area contributed by atoms with E-state index in [1.165, 1.54) is 0 Å². The predicted molar refractivity (Wildman–Crippen MR) is 543 cm³/mol. The number of rotatable bonds is 24. The van der Waals surface area contributed by atoms with Crippen molar-refractivity contribution in [1.82, 2.24) is 0 Å². The standard InChI is InChI=1S/C25H27O2P.C24H25O2P.C22H21O2P.2C21H19O4P/c1-16-12-18(3)23(19(4)13-16)25(26)28(27,22-10-8-7-9-11-22)24-20(5)14-17(2)15-21(24)6;1-16-6-10-21(11-7-16)27(26,22-12-8-17(2)9-13-22)24(25)23-19(4)14-18(3)15-20(23)5;1-16-14-17(2)21(18(3)15-16)22(23)25(24,19-10-6-4-7-11-19)20-12-8-5-9-13-20;1-25-18-11-13-20(14-12-18)26(24,19-5-3-2-4-6-19)21(23)17-9-7-16(15-22)8-10-17;22-14-16-8-7-9-17(15-23)20(16)21(24)26(25,18-10-3-1-4-11-18)19-12-5-2-6-13-19/h7-15H,1-6H3;6-15H,1-5H3;4-15H,1-3H3;2-14,22H,15H2,1H3;1-13,22-23H,14-15H2. The molecule has 0 radical (unpaired) electrons. The normalized spacial score (nSPS) is 12.1. The number of carbonyl (C=O) groups excluding carboxylic acids is 5. The molecule has 19 heteroatoms. The summed E-state index contributed by atoms with van der Waals surface area (Å²) in [5.41, 5.74) is 15.3. The van der Waals surface area contributed by atoms with Crippen LogP contribution < -0.4 is 57.8 Å². The SMILES string of the molecule is COc1ccc(P(=O)(C(=O)c2ccc(CO)cc2)c2ccccc2)cc1.Cc1cc(C)c(C(=O)P(=O)(c2ccccc2)c2c(C)cc(C)cc2C)c(C)c1.Cc1cc(C)c(C(=O)P(=O)(c2ccccc2)c2ccccc2)c(C)c1.Cc1ccc(P(=O)(C(=O)c2c(C)cc(C)cc2C)c2ccc(C)cc2)cc1.O=C(c1c(CO)cccc1CO)P(=O)(c1ccccc1)c1ccccc1. The molecule has 0 amide bonds. The molecular weight excluding hydrogens is 1740 g/mol. The number of hydrogen-bond donors (Lipinski definition) is 3. The number of aliphatic hydroxyl groups excluding tert-OH is 3. The van der Waals surface area contributed by atoms with Gasteiger partial charge in [0.05, 0.1) is 26.9 Å². The largest absolute Gasteiger partial charge is 0.497 e. The quantitative estimate of drug-likeness (QED) is 0.0477. The lowest BCUT2D eigenvalue weighted by atomic mass is 10.0. The molecule has 132 heavy (non-hydrogen) atoms. The van der Waals surface area contributed by atoms with E-state index in [4.69, 9.17) is 4.74 Å². The van der Waals surface area contributed by atoms with Crippen molar-refractivity contribution in [3.63, 3.8) is 0 Å². The molecule has 672 valence electrons. The predicted octanol–water partition coefficient (Wildman–Crippen LogP) is 22.0. The minimum absolute atomic E-state index is 0.108. The first kappa shape index (κ1) is 100. The summed E-state index contributed by atoms with van der Waals surface area (Å²) < 4.78 is 76.6. The molecule has 0 spiro atoms. The van der Waals surface area contributed by atoms with Crippen molar-refractivity contribution < 1.29 is 66.9 Å². The number of carbonyl (C=O) groups is 5. The lowest BCUT2D eigenvalue weighted by Crippen LogP contribution is -2.27. The molecule has 0 fully saturated rings. The minimum Gasteiger partial charge on any atom is -0.497 e. The fraction of sp³-hybridized carbons (Fsp3) is 0.159. The second-order valence-corrected chi connectivity index (χ2v) is 46.4. The molecule has 0 aliphatic rings. The van der Waals surface area contributed by atoms with E-state index >= 15 is 0 Å². The second-order valence-electron chi connectivity index (χ2n) is 33.1. The third kappa shape index (κ3) is 21.6. The van der Waals surface area contributed by atoms with Crippen molar-refractivity contribution in [2.75, 3.05) is 7.11 Å². The lowest BCUT2D eigenvalue weighted by Gasteiger charge is -2.24. The molecule has 14 nitrogen and oxygen atoms in total. The van der Waals surface area contributed by atoms with Gasteiger partial charge in [-0.2, -0.15) is 0 Å². The third-order valence-corrected chi connectivity index (χ3v) is 37.8. The molecule has 15 rings (SSSR count). The van der Waals surface area contributed by atoms with Gasteiger partial charge in [0.2, 0.25) is 63.3 Å². The van der Waals surface area contributed by atoms with Crippen LogP contribution in [0.2, 0.25) is 0 Å². The first-order valence-electron chi connectivity index (χ1n) is 43.3. The number of hydrogen-bond acceptors (Lipinski definition) is 14. The van der Waals surface area contributed by atoms with Crippen LogP contribution in [0.25, 0.3) is 0 Å². The maximum atomic E-state index is 14.7. The van der Waals surface area contributed by atoms with Gasteiger partial charge in [0.25, 0.3) is 0 Å². The smallest absolute Gasteiger partial charge is 0.230 e. The highest BCUT2D eigenvalue weighted by Gasteiger charge is 2.44. The zero-order valence-corrected chi connectivity index (χ0v) is 81.6. The fourth-order valence-electron chi connectivity index (χ4n) is 17.0. The Morgan fingerprint density at radius 1 is 0.227 bits per heavy atom. The van der Waals surface area contributed by atoms with Crippen molar-refractivity contribution >= 4 is 116 Å². The summed E-state index contributed by atoms with van der Waals surface area (Å²) in [6.45, 7) is 26.6. The van der Waals surface area contributed by atoms with Gasteiger partial charge in [-0.1, -0.05) is 355 Å². The zero-order valence-electron chi connectivity index (χ0n) is 77.1. The van der Waals surface area contributed by atoms with Crippen LogP contribution in [0.15, 0.2) is 346 Å². The summed E-state index contributed by atoms with van der Waals surface area (Å²) in [7, 11) is -16.1. The fourth-order valence-corrected chi connectivity index (χ4v) is 30.3. The Labute approximate surface area is 775 Å². The molecule has 0 bridgehead atoms. The molecule has 15 aromatic carbocycles. The van der Waals surface area contributed by atoms with Crippen LogP contribution in [-0.4, -0.2) is 50.1 Å². The van der Waals surface area contributed by atoms with E-state index < -0.39 is 46.8 Å². The second kappa shape index (κ2) is 44.1. The van der Waals surface area contributed by atoms with Crippen LogP contribution in [0.3, 0.4) is 0 Å². The summed E-state index contributed by atoms with van der Waals surface area (Å²) in [4.78, 5) is 68.0. The van der Waals surface area contributed by atoms with Gasteiger partial charge >= 0.3 is 0 Å². The van der Waals surface area contributed by atoms with E-state index in [2.05, 4.69) is 0 Å². The van der Waals surface area contributed by atoms with Gasteiger partial charge in [0.15, 0.2) is 0 Å². The molecule has 0 saturated carbocycles. The van der Waals surface area contributed by atoms with E-state index in [9.17, 15) is 62.1 Å². The molecule has 0 aromatic heterocycles.